The molecule has 2 heterocycles. The van der Waals surface area contributed by atoms with Crippen molar-refractivity contribution in [2.75, 3.05) is 5.32 Å². The van der Waals surface area contributed by atoms with Crippen molar-refractivity contribution in [1.82, 2.24) is 15.0 Å². The van der Waals surface area contributed by atoms with Gasteiger partial charge in [-0.1, -0.05) is 18.2 Å². The largest absolute Gasteiger partial charge is 0.338 e. The van der Waals surface area contributed by atoms with E-state index in [0.717, 1.165) is 22.3 Å². The summed E-state index contributed by atoms with van der Waals surface area (Å²) in [4.78, 5) is 22.7. The number of aromatic nitrogens is 3. The molecular weight excluding hydrogens is 320 g/mol. The van der Waals surface area contributed by atoms with E-state index in [1.54, 1.807) is 0 Å². The summed E-state index contributed by atoms with van der Waals surface area (Å²) in [6.07, 6.45) is 1.37. The van der Waals surface area contributed by atoms with Crippen molar-refractivity contribution in [3.05, 3.63) is 57.2 Å². The van der Waals surface area contributed by atoms with Crippen LogP contribution in [0.15, 0.2) is 45.9 Å². The normalized spacial score (nSPS) is 10.7. The lowest BCUT2D eigenvalue weighted by Crippen LogP contribution is -2.10. The van der Waals surface area contributed by atoms with Gasteiger partial charge in [-0.25, -0.2) is 4.98 Å². The molecule has 3 rings (SSSR count). The van der Waals surface area contributed by atoms with Crippen LogP contribution in [0.4, 0.5) is 11.5 Å². The van der Waals surface area contributed by atoms with Crippen LogP contribution in [-0.4, -0.2) is 15.0 Å². The van der Waals surface area contributed by atoms with Crippen LogP contribution in [0.3, 0.4) is 0 Å². The second-order valence-corrected chi connectivity index (χ2v) is 5.14. The molecule has 3 aromatic rings. The first-order chi connectivity index (χ1) is 9.65. The number of nitrogens with zero attached hydrogens (tertiary/aromatic N) is 2. The van der Waals surface area contributed by atoms with Crippen LogP contribution in [0.1, 0.15) is 5.69 Å². The Balaban J connectivity index is 2.15. The fourth-order valence-electron chi connectivity index (χ4n) is 2.01. The minimum absolute atomic E-state index is 0.224. The van der Waals surface area contributed by atoms with Gasteiger partial charge >= 0.3 is 0 Å². The SMILES string of the molecule is Cc1cc(Nc2nc[nH]c(=O)c2Br)c2ccccc2n1. The van der Waals surface area contributed by atoms with E-state index in [4.69, 9.17) is 0 Å². The van der Waals surface area contributed by atoms with Gasteiger partial charge in [0, 0.05) is 11.1 Å². The van der Waals surface area contributed by atoms with Crippen LogP contribution in [0.5, 0.6) is 0 Å². The zero-order valence-corrected chi connectivity index (χ0v) is 12.2. The first-order valence-corrected chi connectivity index (χ1v) is 6.81. The summed E-state index contributed by atoms with van der Waals surface area (Å²) in [6, 6.07) is 9.75. The summed E-state index contributed by atoms with van der Waals surface area (Å²) in [5, 5.41) is 4.16. The van der Waals surface area contributed by atoms with Crippen molar-refractivity contribution in [1.29, 1.82) is 0 Å². The number of halogens is 1. The maximum atomic E-state index is 11.6. The Kier molecular flexibility index (Phi) is 3.23. The summed E-state index contributed by atoms with van der Waals surface area (Å²) in [6.45, 7) is 1.93. The molecule has 0 unspecified atom stereocenters. The number of H-pyrrole nitrogens is 1. The number of hydrogen-bond donors (Lipinski definition) is 2. The highest BCUT2D eigenvalue weighted by Crippen LogP contribution is 2.27. The van der Waals surface area contributed by atoms with Gasteiger partial charge in [0.15, 0.2) is 5.82 Å². The lowest BCUT2D eigenvalue weighted by atomic mass is 10.1. The number of pyridine rings is 1. The number of fused-ring (bicyclic) bond motifs is 1. The zero-order chi connectivity index (χ0) is 14.1. The molecule has 0 saturated carbocycles. The molecule has 2 aromatic heterocycles. The van der Waals surface area contributed by atoms with Crippen molar-refractivity contribution < 1.29 is 0 Å². The lowest BCUT2D eigenvalue weighted by Gasteiger charge is -2.10. The summed E-state index contributed by atoms with van der Waals surface area (Å²) in [5.41, 5.74) is 2.44. The molecular formula is C14H11BrN4O. The molecule has 5 nitrogen and oxygen atoms in total. The van der Waals surface area contributed by atoms with Gasteiger partial charge in [-0.15, -0.1) is 0 Å². The molecule has 0 amide bonds. The van der Waals surface area contributed by atoms with E-state index in [1.807, 2.05) is 37.3 Å². The van der Waals surface area contributed by atoms with Gasteiger partial charge < -0.3 is 10.3 Å². The molecule has 0 saturated heterocycles. The van der Waals surface area contributed by atoms with Gasteiger partial charge in [0.2, 0.25) is 0 Å². The third kappa shape index (κ3) is 2.30. The summed E-state index contributed by atoms with van der Waals surface area (Å²) in [7, 11) is 0. The van der Waals surface area contributed by atoms with Crippen LogP contribution in [-0.2, 0) is 0 Å². The van der Waals surface area contributed by atoms with Gasteiger partial charge in [-0.2, -0.15) is 0 Å². The fraction of sp³-hybridized carbons (Fsp3) is 0.0714. The first kappa shape index (κ1) is 12.8. The molecule has 0 bridgehead atoms. The Labute approximate surface area is 123 Å². The molecule has 20 heavy (non-hydrogen) atoms. The van der Waals surface area contributed by atoms with E-state index in [9.17, 15) is 4.79 Å². The maximum Gasteiger partial charge on any atom is 0.267 e. The molecule has 0 spiro atoms. The molecule has 100 valence electrons. The van der Waals surface area contributed by atoms with Crippen LogP contribution < -0.4 is 10.9 Å². The van der Waals surface area contributed by atoms with Gasteiger partial charge in [0.25, 0.3) is 5.56 Å². The second kappa shape index (κ2) is 5.05. The molecule has 6 heteroatoms. The average molecular weight is 331 g/mol. The van der Waals surface area contributed by atoms with E-state index >= 15 is 0 Å². The van der Waals surface area contributed by atoms with E-state index in [1.165, 1.54) is 6.33 Å². The van der Waals surface area contributed by atoms with E-state index in [0.29, 0.717) is 10.3 Å². The zero-order valence-electron chi connectivity index (χ0n) is 10.6. The first-order valence-electron chi connectivity index (χ1n) is 6.02. The smallest absolute Gasteiger partial charge is 0.267 e. The van der Waals surface area contributed by atoms with Gasteiger partial charge in [-0.3, -0.25) is 9.78 Å². The molecule has 1 aromatic carbocycles. The monoisotopic (exact) mass is 330 g/mol. The Morgan fingerprint density at radius 1 is 1.30 bits per heavy atom. The van der Waals surface area contributed by atoms with Gasteiger partial charge in [0.1, 0.15) is 4.47 Å². The quantitative estimate of drug-likeness (QED) is 0.757. The summed E-state index contributed by atoms with van der Waals surface area (Å²) < 4.78 is 0.374. The Morgan fingerprint density at radius 2 is 2.10 bits per heavy atom. The molecule has 0 radical (unpaired) electrons. The summed E-state index contributed by atoms with van der Waals surface area (Å²) >= 11 is 3.24. The Bertz CT molecular complexity index is 844. The maximum absolute atomic E-state index is 11.6. The highest BCUT2D eigenvalue weighted by molar-refractivity contribution is 9.10. The number of anilines is 2. The van der Waals surface area contributed by atoms with Gasteiger partial charge in [-0.05, 0) is 35.0 Å². The van der Waals surface area contributed by atoms with Crippen LogP contribution in [0.2, 0.25) is 0 Å². The molecule has 2 N–H and O–H groups in total. The minimum atomic E-state index is -0.224. The third-order valence-corrected chi connectivity index (χ3v) is 3.63. The van der Waals surface area contributed by atoms with Gasteiger partial charge in [0.05, 0.1) is 17.5 Å². The number of para-hydroxylation sites is 1. The molecule has 0 atom stereocenters. The molecule has 0 aliphatic rings. The summed E-state index contributed by atoms with van der Waals surface area (Å²) in [5.74, 6) is 0.476. The highest BCUT2D eigenvalue weighted by atomic mass is 79.9. The molecule has 0 aliphatic carbocycles. The standard InChI is InChI=1S/C14H11BrN4O/c1-8-6-11(9-4-2-3-5-10(9)18-8)19-13-12(15)14(20)17-7-16-13/h2-7H,1H3,(H2,16,17,18,19,20). The lowest BCUT2D eigenvalue weighted by molar-refractivity contribution is 1.10. The molecule has 0 aliphatic heterocycles. The highest BCUT2D eigenvalue weighted by Gasteiger charge is 2.08. The third-order valence-electron chi connectivity index (χ3n) is 2.89. The van der Waals surface area contributed by atoms with Crippen molar-refractivity contribution in [2.45, 2.75) is 6.92 Å². The number of hydrogen-bond acceptors (Lipinski definition) is 4. The predicted molar refractivity (Wildman–Crippen MR) is 82.3 cm³/mol. The van der Waals surface area contributed by atoms with Crippen LogP contribution in [0.25, 0.3) is 10.9 Å². The number of rotatable bonds is 2. The van der Waals surface area contributed by atoms with E-state index in [2.05, 4.69) is 36.2 Å². The Morgan fingerprint density at radius 3 is 2.95 bits per heavy atom. The fourth-order valence-corrected chi connectivity index (χ4v) is 2.32. The number of aromatic amines is 1. The van der Waals surface area contributed by atoms with Crippen molar-refractivity contribution in [2.24, 2.45) is 0 Å². The second-order valence-electron chi connectivity index (χ2n) is 4.35. The van der Waals surface area contributed by atoms with Crippen molar-refractivity contribution in [3.63, 3.8) is 0 Å². The number of aryl methyl sites for hydroxylation is 1. The number of nitrogens with one attached hydrogen (secondary N) is 2. The minimum Gasteiger partial charge on any atom is -0.338 e. The number of benzene rings is 1. The average Bonchev–Trinajstić information content (AvgIpc) is 2.43. The topological polar surface area (TPSA) is 70.7 Å². The Hall–Kier alpha value is -2.21. The van der Waals surface area contributed by atoms with E-state index < -0.39 is 0 Å². The molecule has 0 fully saturated rings. The van der Waals surface area contributed by atoms with Crippen LogP contribution in [0, 0.1) is 6.92 Å². The van der Waals surface area contributed by atoms with Crippen LogP contribution >= 0.6 is 15.9 Å². The predicted octanol–water partition coefficient (Wildman–Crippen LogP) is 3.13. The van der Waals surface area contributed by atoms with E-state index in [-0.39, 0.29) is 5.56 Å². The van der Waals surface area contributed by atoms with Crippen molar-refractivity contribution in [3.8, 4) is 0 Å². The van der Waals surface area contributed by atoms with Crippen molar-refractivity contribution >= 4 is 38.3 Å².